The Morgan fingerprint density at radius 1 is 1.30 bits per heavy atom. The van der Waals surface area contributed by atoms with E-state index in [9.17, 15) is 9.59 Å². The van der Waals surface area contributed by atoms with Crippen LogP contribution in [0.3, 0.4) is 0 Å². The lowest BCUT2D eigenvalue weighted by molar-refractivity contribution is -0.138. The molecule has 1 aromatic rings. The van der Waals surface area contributed by atoms with E-state index < -0.39 is 6.03 Å². The van der Waals surface area contributed by atoms with Crippen molar-refractivity contribution < 1.29 is 14.1 Å². The number of carbonyl (C=O) groups is 2. The molecule has 2 aliphatic rings. The van der Waals surface area contributed by atoms with Crippen LogP contribution < -0.4 is 5.73 Å². The van der Waals surface area contributed by atoms with Crippen LogP contribution in [-0.4, -0.2) is 51.5 Å². The summed E-state index contributed by atoms with van der Waals surface area (Å²) in [6.07, 6.45) is 4.06. The number of piperidine rings is 1. The number of rotatable bonds is 3. The molecule has 2 aliphatic heterocycles. The molecule has 2 saturated heterocycles. The van der Waals surface area contributed by atoms with Gasteiger partial charge in [-0.05, 0) is 25.7 Å². The summed E-state index contributed by atoms with van der Waals surface area (Å²) >= 11 is 0. The third-order valence-electron chi connectivity index (χ3n) is 4.70. The van der Waals surface area contributed by atoms with Gasteiger partial charge in [0.25, 0.3) is 0 Å². The Bertz CT molecular complexity index is 587. The van der Waals surface area contributed by atoms with Crippen molar-refractivity contribution in [2.75, 3.05) is 19.6 Å². The Labute approximate surface area is 135 Å². The maximum atomic E-state index is 12.9. The standard InChI is InChI=1S/C15H23N5O3/c1-2-12-17-13(18-23-12)11-6-4-8-20(11)14(21)10-5-3-7-19(9-10)15(16)22/h10-11H,2-9H2,1H3,(H2,16,22)/t10-,11-/m1/s1. The zero-order valence-electron chi connectivity index (χ0n) is 13.4. The molecule has 8 heteroatoms. The summed E-state index contributed by atoms with van der Waals surface area (Å²) in [7, 11) is 0. The fourth-order valence-electron chi connectivity index (χ4n) is 3.46. The topological polar surface area (TPSA) is 106 Å². The van der Waals surface area contributed by atoms with Crippen LogP contribution in [-0.2, 0) is 11.2 Å². The molecular formula is C15H23N5O3. The molecule has 0 aromatic carbocycles. The minimum absolute atomic E-state index is 0.0706. The maximum Gasteiger partial charge on any atom is 0.314 e. The quantitative estimate of drug-likeness (QED) is 0.897. The van der Waals surface area contributed by atoms with Crippen LogP contribution >= 0.6 is 0 Å². The molecule has 0 aliphatic carbocycles. The van der Waals surface area contributed by atoms with Gasteiger partial charge in [0, 0.05) is 26.1 Å². The van der Waals surface area contributed by atoms with Crippen LogP contribution in [0.25, 0.3) is 0 Å². The normalized spacial score (nSPS) is 24.9. The highest BCUT2D eigenvalue weighted by molar-refractivity contribution is 5.81. The molecule has 126 valence electrons. The van der Waals surface area contributed by atoms with Gasteiger partial charge in [0.1, 0.15) is 0 Å². The minimum atomic E-state index is -0.453. The van der Waals surface area contributed by atoms with E-state index in [2.05, 4.69) is 10.1 Å². The van der Waals surface area contributed by atoms with Crippen molar-refractivity contribution in [3.8, 4) is 0 Å². The molecule has 3 heterocycles. The highest BCUT2D eigenvalue weighted by Crippen LogP contribution is 2.33. The fourth-order valence-corrected chi connectivity index (χ4v) is 3.46. The number of likely N-dealkylation sites (tertiary alicyclic amines) is 2. The van der Waals surface area contributed by atoms with E-state index in [0.29, 0.717) is 37.8 Å². The van der Waals surface area contributed by atoms with Crippen molar-refractivity contribution in [1.82, 2.24) is 19.9 Å². The average molecular weight is 321 g/mol. The largest absolute Gasteiger partial charge is 0.351 e. The Kier molecular flexibility index (Phi) is 4.49. The summed E-state index contributed by atoms with van der Waals surface area (Å²) in [6.45, 7) is 3.69. The van der Waals surface area contributed by atoms with Crippen molar-refractivity contribution in [3.05, 3.63) is 11.7 Å². The number of nitrogens with zero attached hydrogens (tertiary/aromatic N) is 4. The Morgan fingerprint density at radius 3 is 2.78 bits per heavy atom. The molecule has 3 rings (SSSR count). The van der Waals surface area contributed by atoms with Gasteiger partial charge in [0.2, 0.25) is 11.8 Å². The van der Waals surface area contributed by atoms with Gasteiger partial charge in [-0.25, -0.2) is 4.79 Å². The second-order valence-electron chi connectivity index (χ2n) is 6.21. The van der Waals surface area contributed by atoms with Crippen molar-refractivity contribution in [3.63, 3.8) is 0 Å². The van der Waals surface area contributed by atoms with E-state index in [1.807, 2.05) is 11.8 Å². The molecule has 3 amide bonds. The summed E-state index contributed by atoms with van der Waals surface area (Å²) < 4.78 is 5.18. The number of hydrogen-bond acceptors (Lipinski definition) is 5. The van der Waals surface area contributed by atoms with Crippen molar-refractivity contribution in [2.45, 2.75) is 45.1 Å². The van der Waals surface area contributed by atoms with Gasteiger partial charge in [-0.15, -0.1) is 0 Å². The lowest BCUT2D eigenvalue weighted by Crippen LogP contribution is -2.48. The smallest absolute Gasteiger partial charge is 0.314 e. The van der Waals surface area contributed by atoms with Crippen molar-refractivity contribution in [2.24, 2.45) is 11.7 Å². The third kappa shape index (κ3) is 3.16. The molecule has 0 radical (unpaired) electrons. The molecule has 8 nitrogen and oxygen atoms in total. The average Bonchev–Trinajstić information content (AvgIpc) is 3.22. The molecule has 1 aromatic heterocycles. The first-order valence-corrected chi connectivity index (χ1v) is 8.27. The molecular weight excluding hydrogens is 298 g/mol. The summed E-state index contributed by atoms with van der Waals surface area (Å²) in [5.74, 6) is 1.07. The van der Waals surface area contributed by atoms with Gasteiger partial charge in [0.15, 0.2) is 5.82 Å². The number of primary amides is 1. The van der Waals surface area contributed by atoms with Crippen LogP contribution in [0.4, 0.5) is 4.79 Å². The second kappa shape index (κ2) is 6.55. The van der Waals surface area contributed by atoms with E-state index in [-0.39, 0.29) is 17.9 Å². The van der Waals surface area contributed by atoms with Gasteiger partial charge in [-0.2, -0.15) is 4.98 Å². The molecule has 2 fully saturated rings. The summed E-state index contributed by atoms with van der Waals surface area (Å²) in [5, 5.41) is 4.03. The van der Waals surface area contributed by atoms with Crippen LogP contribution in [0.5, 0.6) is 0 Å². The first-order valence-electron chi connectivity index (χ1n) is 8.27. The zero-order valence-corrected chi connectivity index (χ0v) is 13.4. The first-order chi connectivity index (χ1) is 11.1. The Hall–Kier alpha value is -2.12. The van der Waals surface area contributed by atoms with Crippen LogP contribution in [0, 0.1) is 5.92 Å². The highest BCUT2D eigenvalue weighted by atomic mass is 16.5. The van der Waals surface area contributed by atoms with Crippen molar-refractivity contribution >= 4 is 11.9 Å². The SMILES string of the molecule is CCc1nc([C@H]2CCCN2C(=O)[C@@H]2CCCN(C(N)=O)C2)no1. The van der Waals surface area contributed by atoms with E-state index in [1.54, 1.807) is 4.90 Å². The van der Waals surface area contributed by atoms with Gasteiger partial charge in [0.05, 0.1) is 12.0 Å². The number of urea groups is 1. The molecule has 0 bridgehead atoms. The highest BCUT2D eigenvalue weighted by Gasteiger charge is 2.38. The third-order valence-corrected chi connectivity index (χ3v) is 4.70. The van der Waals surface area contributed by atoms with Gasteiger partial charge < -0.3 is 20.1 Å². The fraction of sp³-hybridized carbons (Fsp3) is 0.733. The lowest BCUT2D eigenvalue weighted by Gasteiger charge is -2.34. The second-order valence-corrected chi connectivity index (χ2v) is 6.21. The number of aryl methyl sites for hydroxylation is 1. The van der Waals surface area contributed by atoms with E-state index in [1.165, 1.54) is 0 Å². The summed E-state index contributed by atoms with van der Waals surface area (Å²) in [6, 6.07) is -0.568. The molecule has 0 saturated carbocycles. The Balaban J connectivity index is 1.71. The van der Waals surface area contributed by atoms with Crippen LogP contribution in [0.15, 0.2) is 4.52 Å². The van der Waals surface area contributed by atoms with E-state index >= 15 is 0 Å². The summed E-state index contributed by atoms with van der Waals surface area (Å²) in [4.78, 5) is 32.0. The molecule has 0 unspecified atom stereocenters. The number of amides is 3. The molecule has 2 atom stereocenters. The monoisotopic (exact) mass is 321 g/mol. The molecule has 23 heavy (non-hydrogen) atoms. The summed E-state index contributed by atoms with van der Waals surface area (Å²) in [5.41, 5.74) is 5.35. The number of carbonyl (C=O) groups excluding carboxylic acids is 2. The molecule has 0 spiro atoms. The minimum Gasteiger partial charge on any atom is -0.351 e. The zero-order chi connectivity index (χ0) is 16.4. The number of nitrogens with two attached hydrogens (primary N) is 1. The van der Waals surface area contributed by atoms with Gasteiger partial charge in [-0.1, -0.05) is 12.1 Å². The number of aromatic nitrogens is 2. The number of hydrogen-bond donors (Lipinski definition) is 1. The predicted octanol–water partition coefficient (Wildman–Crippen LogP) is 1.09. The van der Waals surface area contributed by atoms with Gasteiger partial charge >= 0.3 is 6.03 Å². The predicted molar refractivity (Wildman–Crippen MR) is 81.2 cm³/mol. The van der Waals surface area contributed by atoms with E-state index in [0.717, 1.165) is 25.7 Å². The van der Waals surface area contributed by atoms with Crippen LogP contribution in [0.2, 0.25) is 0 Å². The van der Waals surface area contributed by atoms with Gasteiger partial charge in [-0.3, -0.25) is 4.79 Å². The van der Waals surface area contributed by atoms with Crippen molar-refractivity contribution in [1.29, 1.82) is 0 Å². The van der Waals surface area contributed by atoms with E-state index in [4.69, 9.17) is 10.3 Å². The molecule has 2 N–H and O–H groups in total. The first kappa shape index (κ1) is 15.8. The maximum absolute atomic E-state index is 12.9. The van der Waals surface area contributed by atoms with Crippen LogP contribution in [0.1, 0.15) is 50.4 Å². The lowest BCUT2D eigenvalue weighted by atomic mass is 9.96. The Morgan fingerprint density at radius 2 is 2.09 bits per heavy atom.